The number of carbonyl (C=O) groups is 1. The Morgan fingerprint density at radius 3 is 2.57 bits per heavy atom. The molecule has 1 saturated heterocycles. The Bertz CT molecular complexity index is 1070. The van der Waals surface area contributed by atoms with Crippen molar-refractivity contribution in [3.8, 4) is 0 Å². The first-order chi connectivity index (χ1) is 14.2. The number of nitro benzene ring substituents is 1. The van der Waals surface area contributed by atoms with Crippen molar-refractivity contribution in [3.63, 3.8) is 0 Å². The lowest BCUT2D eigenvalue weighted by molar-refractivity contribution is -0.384. The first-order valence-corrected chi connectivity index (χ1v) is 11.8. The van der Waals surface area contributed by atoms with Crippen LogP contribution in [-0.2, 0) is 20.6 Å². The summed E-state index contributed by atoms with van der Waals surface area (Å²) in [4.78, 5) is 23.1. The van der Waals surface area contributed by atoms with Gasteiger partial charge < -0.3 is 5.32 Å². The Hall–Kier alpha value is -2.30. The molecule has 0 unspecified atom stereocenters. The minimum atomic E-state index is -3.48. The number of nitrogens with zero attached hydrogens (tertiary/aromatic N) is 2. The Morgan fingerprint density at radius 1 is 1.23 bits per heavy atom. The highest BCUT2D eigenvalue weighted by Gasteiger charge is 2.31. The van der Waals surface area contributed by atoms with Gasteiger partial charge in [0, 0.05) is 35.6 Å². The zero-order valence-corrected chi connectivity index (χ0v) is 18.8. The monoisotopic (exact) mass is 495 g/mol. The molecule has 1 heterocycles. The number of amides is 1. The summed E-state index contributed by atoms with van der Waals surface area (Å²) in [6.45, 7) is 2.29. The van der Waals surface area contributed by atoms with Crippen LogP contribution in [0.3, 0.4) is 0 Å². The van der Waals surface area contributed by atoms with E-state index in [9.17, 15) is 23.3 Å². The van der Waals surface area contributed by atoms with Gasteiger partial charge in [0.15, 0.2) is 0 Å². The third-order valence-corrected chi connectivity index (χ3v) is 7.49. The van der Waals surface area contributed by atoms with Crippen LogP contribution in [-0.4, -0.2) is 36.6 Å². The van der Waals surface area contributed by atoms with E-state index in [0.29, 0.717) is 24.1 Å². The molecule has 1 aliphatic rings. The highest BCUT2D eigenvalue weighted by Crippen LogP contribution is 2.26. The highest BCUT2D eigenvalue weighted by atomic mass is 79.9. The maximum Gasteiger partial charge on any atom is 0.271 e. The average Bonchev–Trinajstić information content (AvgIpc) is 2.69. The number of non-ortho nitro benzene ring substituents is 1. The number of hydrogen-bond acceptors (Lipinski definition) is 5. The van der Waals surface area contributed by atoms with Gasteiger partial charge in [-0.15, -0.1) is 0 Å². The average molecular weight is 496 g/mol. The summed E-state index contributed by atoms with van der Waals surface area (Å²) in [7, 11) is -3.48. The number of hydrogen-bond donors (Lipinski definition) is 1. The molecule has 2 aromatic rings. The van der Waals surface area contributed by atoms with E-state index in [1.807, 2.05) is 6.07 Å². The van der Waals surface area contributed by atoms with Crippen LogP contribution in [0.2, 0.25) is 0 Å². The number of aryl methyl sites for hydroxylation is 1. The number of anilines is 1. The fraction of sp³-hybridized carbons (Fsp3) is 0.350. The summed E-state index contributed by atoms with van der Waals surface area (Å²) >= 11 is 3.34. The third kappa shape index (κ3) is 5.44. The first kappa shape index (κ1) is 22.4. The lowest BCUT2D eigenvalue weighted by atomic mass is 9.97. The minimum absolute atomic E-state index is 0.0871. The molecule has 160 valence electrons. The molecule has 1 amide bonds. The maximum atomic E-state index is 12.7. The van der Waals surface area contributed by atoms with Crippen molar-refractivity contribution in [3.05, 3.63) is 68.2 Å². The van der Waals surface area contributed by atoms with Crippen LogP contribution >= 0.6 is 15.9 Å². The quantitative estimate of drug-likeness (QED) is 0.483. The predicted molar refractivity (Wildman–Crippen MR) is 118 cm³/mol. The zero-order valence-electron chi connectivity index (χ0n) is 16.4. The van der Waals surface area contributed by atoms with Crippen molar-refractivity contribution in [2.24, 2.45) is 5.92 Å². The Kier molecular flexibility index (Phi) is 6.89. The SMILES string of the molecule is Cc1ccc([N+](=O)[O-])cc1NC(=O)C1CCN(S(=O)(=O)Cc2cccc(Br)c2)CC1. The van der Waals surface area contributed by atoms with Crippen LogP contribution in [0.4, 0.5) is 11.4 Å². The zero-order chi connectivity index (χ0) is 21.9. The Labute approximate surface area is 183 Å². The smallest absolute Gasteiger partial charge is 0.271 e. The molecule has 8 nitrogen and oxygen atoms in total. The van der Waals surface area contributed by atoms with Crippen molar-refractivity contribution in [1.82, 2.24) is 4.31 Å². The lowest BCUT2D eigenvalue weighted by Gasteiger charge is -2.30. The van der Waals surface area contributed by atoms with Gasteiger partial charge in [-0.3, -0.25) is 14.9 Å². The van der Waals surface area contributed by atoms with Crippen LogP contribution < -0.4 is 5.32 Å². The molecule has 1 aliphatic heterocycles. The van der Waals surface area contributed by atoms with Crippen LogP contribution in [0.25, 0.3) is 0 Å². The Morgan fingerprint density at radius 2 is 1.93 bits per heavy atom. The fourth-order valence-electron chi connectivity index (χ4n) is 3.42. The molecule has 1 N–H and O–H groups in total. The molecular formula is C20H22BrN3O5S. The molecule has 0 atom stereocenters. The minimum Gasteiger partial charge on any atom is -0.325 e. The molecule has 3 rings (SSSR count). The second-order valence-corrected chi connectivity index (χ2v) is 10.2. The van der Waals surface area contributed by atoms with Gasteiger partial charge in [0.25, 0.3) is 5.69 Å². The molecule has 10 heteroatoms. The number of nitro groups is 1. The lowest BCUT2D eigenvalue weighted by Crippen LogP contribution is -2.41. The second-order valence-electron chi connectivity index (χ2n) is 7.31. The van der Waals surface area contributed by atoms with Crippen molar-refractivity contribution in [2.45, 2.75) is 25.5 Å². The summed E-state index contributed by atoms with van der Waals surface area (Å²) in [5.74, 6) is -0.681. The van der Waals surface area contributed by atoms with E-state index in [1.54, 1.807) is 31.2 Å². The Balaban J connectivity index is 1.60. The van der Waals surface area contributed by atoms with Crippen LogP contribution in [0.15, 0.2) is 46.9 Å². The van der Waals surface area contributed by atoms with Crippen LogP contribution in [0, 0.1) is 23.0 Å². The number of halogens is 1. The van der Waals surface area contributed by atoms with Gasteiger partial charge in [0.2, 0.25) is 15.9 Å². The molecule has 0 aromatic heterocycles. The van der Waals surface area contributed by atoms with Gasteiger partial charge in [0.1, 0.15) is 0 Å². The van der Waals surface area contributed by atoms with E-state index in [4.69, 9.17) is 0 Å². The first-order valence-electron chi connectivity index (χ1n) is 9.44. The largest absolute Gasteiger partial charge is 0.325 e. The molecule has 30 heavy (non-hydrogen) atoms. The second kappa shape index (κ2) is 9.23. The van der Waals surface area contributed by atoms with Crippen molar-refractivity contribution in [2.75, 3.05) is 18.4 Å². The van der Waals surface area contributed by atoms with E-state index in [1.165, 1.54) is 16.4 Å². The molecule has 0 aliphatic carbocycles. The number of rotatable bonds is 6. The van der Waals surface area contributed by atoms with E-state index in [2.05, 4.69) is 21.2 Å². The number of carbonyl (C=O) groups excluding carboxylic acids is 1. The van der Waals surface area contributed by atoms with E-state index < -0.39 is 14.9 Å². The standard InChI is InChI=1S/C20H22BrN3O5S/c1-14-5-6-18(24(26)27)12-19(14)22-20(25)16-7-9-23(10-8-16)30(28,29)13-15-3-2-4-17(21)11-15/h2-6,11-12,16H,7-10,13H2,1H3,(H,22,25). The molecule has 2 aromatic carbocycles. The number of nitrogens with one attached hydrogen (secondary N) is 1. The third-order valence-electron chi connectivity index (χ3n) is 5.15. The van der Waals surface area contributed by atoms with Crippen molar-refractivity contribution >= 4 is 43.2 Å². The van der Waals surface area contributed by atoms with Gasteiger partial charge in [-0.05, 0) is 43.0 Å². The molecule has 0 saturated carbocycles. The topological polar surface area (TPSA) is 110 Å². The van der Waals surface area contributed by atoms with Crippen LogP contribution in [0.1, 0.15) is 24.0 Å². The predicted octanol–water partition coefficient (Wildman–Crippen LogP) is 3.85. The molecule has 0 bridgehead atoms. The van der Waals surface area contributed by atoms with Gasteiger partial charge >= 0.3 is 0 Å². The molecular weight excluding hydrogens is 474 g/mol. The van der Waals surface area contributed by atoms with Gasteiger partial charge in [-0.1, -0.05) is 34.1 Å². The van der Waals surface area contributed by atoms with E-state index >= 15 is 0 Å². The van der Waals surface area contributed by atoms with E-state index in [-0.39, 0.29) is 36.4 Å². The van der Waals surface area contributed by atoms with Crippen molar-refractivity contribution < 1.29 is 18.1 Å². The van der Waals surface area contributed by atoms with Crippen LogP contribution in [0.5, 0.6) is 0 Å². The number of benzene rings is 2. The van der Waals surface area contributed by atoms with Crippen molar-refractivity contribution in [1.29, 1.82) is 0 Å². The summed E-state index contributed by atoms with van der Waals surface area (Å²) < 4.78 is 27.7. The normalized spacial score (nSPS) is 15.7. The maximum absolute atomic E-state index is 12.7. The summed E-state index contributed by atoms with van der Waals surface area (Å²) in [5, 5.41) is 13.7. The summed E-state index contributed by atoms with van der Waals surface area (Å²) in [6, 6.07) is 11.5. The molecule has 1 fully saturated rings. The highest BCUT2D eigenvalue weighted by molar-refractivity contribution is 9.10. The van der Waals surface area contributed by atoms with Gasteiger partial charge in [-0.25, -0.2) is 12.7 Å². The number of piperidine rings is 1. The van der Waals surface area contributed by atoms with E-state index in [0.717, 1.165) is 10.0 Å². The summed E-state index contributed by atoms with van der Waals surface area (Å²) in [6.07, 6.45) is 0.801. The van der Waals surface area contributed by atoms with Gasteiger partial charge in [0.05, 0.1) is 16.4 Å². The molecule has 0 radical (unpaired) electrons. The fourth-order valence-corrected chi connectivity index (χ4v) is 5.42. The molecule has 0 spiro atoms. The van der Waals surface area contributed by atoms with Gasteiger partial charge in [-0.2, -0.15) is 0 Å². The number of sulfonamides is 1. The summed E-state index contributed by atoms with van der Waals surface area (Å²) in [5.41, 5.74) is 1.73.